The van der Waals surface area contributed by atoms with Gasteiger partial charge in [0.1, 0.15) is 0 Å². The van der Waals surface area contributed by atoms with E-state index in [1.54, 1.807) is 0 Å². The van der Waals surface area contributed by atoms with E-state index in [0.29, 0.717) is 13.0 Å². The number of nitrogens with one attached hydrogen (secondary N) is 1. The zero-order chi connectivity index (χ0) is 12.0. The SMILES string of the molecule is CC(=O)NCCC#Cc1ccc(Cl)cc1C. The van der Waals surface area contributed by atoms with E-state index in [9.17, 15) is 4.79 Å². The second-order valence-corrected chi connectivity index (χ2v) is 3.93. The lowest BCUT2D eigenvalue weighted by Crippen LogP contribution is -2.20. The van der Waals surface area contributed by atoms with Crippen LogP contribution in [0.4, 0.5) is 0 Å². The average Bonchev–Trinajstić information content (AvgIpc) is 2.20. The minimum atomic E-state index is -0.0236. The fourth-order valence-electron chi connectivity index (χ4n) is 1.23. The van der Waals surface area contributed by atoms with Crippen molar-refractivity contribution in [3.8, 4) is 11.8 Å². The summed E-state index contributed by atoms with van der Waals surface area (Å²) in [5.74, 6) is 6.04. The Morgan fingerprint density at radius 3 is 2.88 bits per heavy atom. The number of hydrogen-bond acceptors (Lipinski definition) is 1. The molecular formula is C13H14ClNO. The summed E-state index contributed by atoms with van der Waals surface area (Å²) in [5, 5.41) is 3.42. The van der Waals surface area contributed by atoms with Crippen molar-refractivity contribution in [2.75, 3.05) is 6.54 Å². The third kappa shape index (κ3) is 4.37. The summed E-state index contributed by atoms with van der Waals surface area (Å²) in [6.45, 7) is 4.06. The molecule has 1 N–H and O–H groups in total. The molecule has 0 aromatic heterocycles. The normalized spacial score (nSPS) is 9.19. The maximum Gasteiger partial charge on any atom is 0.216 e. The van der Waals surface area contributed by atoms with Gasteiger partial charge in [0.25, 0.3) is 0 Å². The van der Waals surface area contributed by atoms with Crippen LogP contribution in [0.25, 0.3) is 0 Å². The van der Waals surface area contributed by atoms with Crippen LogP contribution in [0.3, 0.4) is 0 Å². The van der Waals surface area contributed by atoms with Gasteiger partial charge in [-0.2, -0.15) is 0 Å². The lowest BCUT2D eigenvalue weighted by atomic mass is 10.1. The zero-order valence-corrected chi connectivity index (χ0v) is 10.2. The van der Waals surface area contributed by atoms with Crippen molar-refractivity contribution >= 4 is 17.5 Å². The van der Waals surface area contributed by atoms with Crippen LogP contribution in [-0.4, -0.2) is 12.5 Å². The predicted molar refractivity (Wildman–Crippen MR) is 66.4 cm³/mol. The van der Waals surface area contributed by atoms with E-state index in [0.717, 1.165) is 16.1 Å². The minimum Gasteiger partial charge on any atom is -0.355 e. The average molecular weight is 236 g/mol. The summed E-state index contributed by atoms with van der Waals surface area (Å²) in [6.07, 6.45) is 0.654. The molecule has 0 atom stereocenters. The maximum atomic E-state index is 10.6. The molecule has 0 saturated heterocycles. The minimum absolute atomic E-state index is 0.0236. The Labute approximate surface area is 101 Å². The first-order valence-electron chi connectivity index (χ1n) is 5.09. The zero-order valence-electron chi connectivity index (χ0n) is 9.43. The summed E-state index contributed by atoms with van der Waals surface area (Å²) in [7, 11) is 0. The monoisotopic (exact) mass is 235 g/mol. The van der Waals surface area contributed by atoms with Crippen molar-refractivity contribution < 1.29 is 4.79 Å². The highest BCUT2D eigenvalue weighted by atomic mass is 35.5. The van der Waals surface area contributed by atoms with E-state index in [2.05, 4.69) is 17.2 Å². The molecule has 0 radical (unpaired) electrons. The Morgan fingerprint density at radius 2 is 2.25 bits per heavy atom. The largest absolute Gasteiger partial charge is 0.355 e. The van der Waals surface area contributed by atoms with Crippen molar-refractivity contribution in [3.63, 3.8) is 0 Å². The Hall–Kier alpha value is -1.46. The fraction of sp³-hybridized carbons (Fsp3) is 0.308. The van der Waals surface area contributed by atoms with Crippen molar-refractivity contribution in [2.45, 2.75) is 20.3 Å². The van der Waals surface area contributed by atoms with Crippen LogP contribution in [0.15, 0.2) is 18.2 Å². The predicted octanol–water partition coefficient (Wildman–Crippen LogP) is 2.53. The van der Waals surface area contributed by atoms with Crippen LogP contribution in [0, 0.1) is 18.8 Å². The molecule has 0 aliphatic rings. The number of rotatable bonds is 2. The van der Waals surface area contributed by atoms with Gasteiger partial charge >= 0.3 is 0 Å². The number of halogens is 1. The summed E-state index contributed by atoms with van der Waals surface area (Å²) in [4.78, 5) is 10.6. The molecule has 2 nitrogen and oxygen atoms in total. The highest BCUT2D eigenvalue weighted by Crippen LogP contribution is 2.13. The number of benzene rings is 1. The Bertz CT molecular complexity index is 443. The van der Waals surface area contributed by atoms with E-state index in [4.69, 9.17) is 11.6 Å². The van der Waals surface area contributed by atoms with Gasteiger partial charge in [-0.15, -0.1) is 0 Å². The number of aryl methyl sites for hydroxylation is 1. The van der Waals surface area contributed by atoms with E-state index in [1.807, 2.05) is 25.1 Å². The molecule has 0 bridgehead atoms. The van der Waals surface area contributed by atoms with Crippen LogP contribution in [0.5, 0.6) is 0 Å². The van der Waals surface area contributed by atoms with Crippen LogP contribution >= 0.6 is 11.6 Å². The summed E-state index contributed by atoms with van der Waals surface area (Å²) >= 11 is 5.84. The molecule has 1 aromatic rings. The van der Waals surface area contributed by atoms with Crippen LogP contribution in [0.2, 0.25) is 5.02 Å². The molecule has 1 rings (SSSR count). The van der Waals surface area contributed by atoms with E-state index >= 15 is 0 Å². The molecule has 0 aliphatic carbocycles. The van der Waals surface area contributed by atoms with E-state index in [1.165, 1.54) is 6.92 Å². The highest BCUT2D eigenvalue weighted by Gasteiger charge is 1.94. The van der Waals surface area contributed by atoms with Gasteiger partial charge in [0.15, 0.2) is 0 Å². The highest BCUT2D eigenvalue weighted by molar-refractivity contribution is 6.30. The van der Waals surface area contributed by atoms with Gasteiger partial charge in [0, 0.05) is 30.5 Å². The second-order valence-electron chi connectivity index (χ2n) is 3.49. The molecule has 0 aliphatic heterocycles. The lowest BCUT2D eigenvalue weighted by molar-refractivity contribution is -0.118. The van der Waals surface area contributed by atoms with E-state index < -0.39 is 0 Å². The molecule has 0 fully saturated rings. The standard InChI is InChI=1S/C13H14ClNO/c1-10-9-13(14)7-6-12(10)5-3-4-8-15-11(2)16/h6-7,9H,4,8H2,1-2H3,(H,15,16). The third-order valence-electron chi connectivity index (χ3n) is 2.04. The number of amides is 1. The van der Waals surface area contributed by atoms with Crippen LogP contribution < -0.4 is 5.32 Å². The van der Waals surface area contributed by atoms with Gasteiger partial charge in [0.2, 0.25) is 5.91 Å². The molecule has 0 unspecified atom stereocenters. The summed E-state index contributed by atoms with van der Waals surface area (Å²) in [5.41, 5.74) is 2.05. The Morgan fingerprint density at radius 1 is 1.50 bits per heavy atom. The van der Waals surface area contributed by atoms with Gasteiger partial charge in [-0.1, -0.05) is 23.4 Å². The first-order valence-corrected chi connectivity index (χ1v) is 5.47. The van der Waals surface area contributed by atoms with Gasteiger partial charge in [-0.3, -0.25) is 4.79 Å². The molecule has 1 aromatic carbocycles. The molecule has 0 saturated carbocycles. The van der Waals surface area contributed by atoms with Crippen molar-refractivity contribution in [2.24, 2.45) is 0 Å². The summed E-state index contributed by atoms with van der Waals surface area (Å²) in [6, 6.07) is 5.62. The lowest BCUT2D eigenvalue weighted by Gasteiger charge is -1.98. The molecule has 0 heterocycles. The molecule has 1 amide bonds. The molecule has 84 valence electrons. The van der Waals surface area contributed by atoms with Gasteiger partial charge in [-0.25, -0.2) is 0 Å². The second kappa shape index (κ2) is 6.19. The Kier molecular flexibility index (Phi) is 4.88. The van der Waals surface area contributed by atoms with Crippen molar-refractivity contribution in [3.05, 3.63) is 34.3 Å². The van der Waals surface area contributed by atoms with Crippen molar-refractivity contribution in [1.29, 1.82) is 0 Å². The maximum absolute atomic E-state index is 10.6. The van der Waals surface area contributed by atoms with Crippen molar-refractivity contribution in [1.82, 2.24) is 5.32 Å². The molecule has 0 spiro atoms. The van der Waals surface area contributed by atoms with Gasteiger partial charge in [-0.05, 0) is 30.7 Å². The smallest absolute Gasteiger partial charge is 0.216 e. The van der Waals surface area contributed by atoms with Gasteiger partial charge in [0.05, 0.1) is 0 Å². The molecule has 3 heteroatoms. The molecule has 16 heavy (non-hydrogen) atoms. The first-order chi connectivity index (χ1) is 7.59. The van der Waals surface area contributed by atoms with E-state index in [-0.39, 0.29) is 5.91 Å². The summed E-state index contributed by atoms with van der Waals surface area (Å²) < 4.78 is 0. The topological polar surface area (TPSA) is 29.1 Å². The van der Waals surface area contributed by atoms with Crippen LogP contribution in [-0.2, 0) is 4.79 Å². The fourth-order valence-corrected chi connectivity index (χ4v) is 1.45. The molecular weight excluding hydrogens is 222 g/mol. The van der Waals surface area contributed by atoms with Gasteiger partial charge < -0.3 is 5.32 Å². The number of carbonyl (C=O) groups is 1. The van der Waals surface area contributed by atoms with Crippen LogP contribution in [0.1, 0.15) is 24.5 Å². The first kappa shape index (κ1) is 12.6. The quantitative estimate of drug-likeness (QED) is 0.620. The Balaban J connectivity index is 2.53. The number of hydrogen-bond donors (Lipinski definition) is 1. The number of carbonyl (C=O) groups excluding carboxylic acids is 1. The third-order valence-corrected chi connectivity index (χ3v) is 2.27.